The summed E-state index contributed by atoms with van der Waals surface area (Å²) in [6.45, 7) is 6.50. The molecule has 1 aromatic carbocycles. The highest BCUT2D eigenvalue weighted by Crippen LogP contribution is 2.63. The van der Waals surface area contributed by atoms with E-state index in [-0.39, 0.29) is 35.0 Å². The van der Waals surface area contributed by atoms with Crippen LogP contribution in [-0.4, -0.2) is 68.0 Å². The first-order valence-corrected chi connectivity index (χ1v) is 11.0. The number of methoxy groups -OCH3 is 2. The summed E-state index contributed by atoms with van der Waals surface area (Å²) in [7, 11) is 3.01. The lowest BCUT2D eigenvalue weighted by atomic mass is 9.48. The van der Waals surface area contributed by atoms with Crippen LogP contribution in [0.4, 0.5) is 0 Å². The molecule has 2 heterocycles. The zero-order chi connectivity index (χ0) is 22.4. The number of benzene rings is 1. The fourth-order valence-electron chi connectivity index (χ4n) is 6.07. The molecule has 7 heteroatoms. The molecular weight excluding hydrogens is 396 g/mol. The molecule has 1 saturated carbocycles. The van der Waals surface area contributed by atoms with Gasteiger partial charge < -0.3 is 19.3 Å². The second-order valence-electron chi connectivity index (χ2n) is 9.88. The number of nitrogens with zero attached hydrogens (tertiary/aromatic N) is 2. The van der Waals surface area contributed by atoms with Gasteiger partial charge in [-0.25, -0.2) is 0 Å². The van der Waals surface area contributed by atoms with Gasteiger partial charge in [0.1, 0.15) is 5.75 Å². The Balaban J connectivity index is 1.38. The number of hydrogen-bond donors (Lipinski definition) is 0. The van der Waals surface area contributed by atoms with Gasteiger partial charge in [-0.1, -0.05) is 19.9 Å². The third kappa shape index (κ3) is 3.58. The van der Waals surface area contributed by atoms with E-state index in [0.29, 0.717) is 50.3 Å². The standard InChI is InChI=1S/C24H32N2O5/c1-23(2)14-24(22(29)31-4)15-26(13-19(23)24)20(27)16-8-10-25(11-9-16)21(28)17-6-5-7-18(12-17)30-3/h5-7,12,16,19H,8-11,13-15H2,1-4H3/t19-,24+/m1/s1. The molecule has 0 aromatic heterocycles. The lowest BCUT2D eigenvalue weighted by molar-refractivity contribution is -0.174. The third-order valence-corrected chi connectivity index (χ3v) is 7.61. The minimum Gasteiger partial charge on any atom is -0.497 e. The van der Waals surface area contributed by atoms with E-state index >= 15 is 0 Å². The SMILES string of the molecule is COC(=O)[C@@]12CN(C(=O)C3CCN(C(=O)c4cccc(OC)c4)CC3)C[C@@H]1C(C)(C)C2. The Bertz CT molecular complexity index is 890. The summed E-state index contributed by atoms with van der Waals surface area (Å²) in [6, 6.07) is 7.15. The first-order valence-electron chi connectivity index (χ1n) is 11.0. The molecule has 1 aliphatic carbocycles. The average molecular weight is 429 g/mol. The first kappa shape index (κ1) is 21.7. The van der Waals surface area contributed by atoms with Crippen LogP contribution in [0.1, 0.15) is 43.5 Å². The van der Waals surface area contributed by atoms with Gasteiger partial charge in [0, 0.05) is 37.7 Å². The van der Waals surface area contributed by atoms with E-state index < -0.39 is 5.41 Å². The summed E-state index contributed by atoms with van der Waals surface area (Å²) in [5.74, 6) is 0.584. The number of esters is 1. The molecule has 7 nitrogen and oxygen atoms in total. The van der Waals surface area contributed by atoms with Crippen molar-refractivity contribution in [3.8, 4) is 5.75 Å². The molecule has 0 spiro atoms. The van der Waals surface area contributed by atoms with E-state index in [1.54, 1.807) is 19.2 Å². The summed E-state index contributed by atoms with van der Waals surface area (Å²) in [5, 5.41) is 0. The Morgan fingerprint density at radius 3 is 2.39 bits per heavy atom. The van der Waals surface area contributed by atoms with Crippen LogP contribution in [0, 0.1) is 22.7 Å². The highest BCUT2D eigenvalue weighted by atomic mass is 16.5. The zero-order valence-corrected chi connectivity index (χ0v) is 18.8. The molecule has 2 atom stereocenters. The Labute approximate surface area is 183 Å². The van der Waals surface area contributed by atoms with Crippen LogP contribution in [0.2, 0.25) is 0 Å². The normalized spacial score (nSPS) is 27.3. The number of carbonyl (C=O) groups excluding carboxylic acids is 3. The second kappa shape index (κ2) is 7.84. The number of ether oxygens (including phenoxy) is 2. The van der Waals surface area contributed by atoms with Gasteiger partial charge >= 0.3 is 5.97 Å². The fourth-order valence-corrected chi connectivity index (χ4v) is 6.07. The van der Waals surface area contributed by atoms with Crippen LogP contribution in [-0.2, 0) is 14.3 Å². The quantitative estimate of drug-likeness (QED) is 0.689. The van der Waals surface area contributed by atoms with Gasteiger partial charge in [-0.3, -0.25) is 14.4 Å². The Morgan fingerprint density at radius 1 is 1.06 bits per heavy atom. The number of piperidine rings is 1. The van der Waals surface area contributed by atoms with Crippen LogP contribution in [0.15, 0.2) is 24.3 Å². The zero-order valence-electron chi connectivity index (χ0n) is 18.8. The molecule has 3 fully saturated rings. The number of amides is 2. The molecule has 3 aliphatic rings. The van der Waals surface area contributed by atoms with Crippen molar-refractivity contribution >= 4 is 17.8 Å². The van der Waals surface area contributed by atoms with Crippen LogP contribution in [0.3, 0.4) is 0 Å². The predicted molar refractivity (Wildman–Crippen MR) is 115 cm³/mol. The summed E-state index contributed by atoms with van der Waals surface area (Å²) < 4.78 is 10.3. The van der Waals surface area contributed by atoms with E-state index in [1.165, 1.54) is 7.11 Å². The summed E-state index contributed by atoms with van der Waals surface area (Å²) in [4.78, 5) is 42.3. The van der Waals surface area contributed by atoms with Gasteiger partial charge in [-0.05, 0) is 48.8 Å². The van der Waals surface area contributed by atoms with Gasteiger partial charge in [-0.15, -0.1) is 0 Å². The number of carbonyl (C=O) groups is 3. The van der Waals surface area contributed by atoms with E-state index in [2.05, 4.69) is 13.8 Å². The topological polar surface area (TPSA) is 76.2 Å². The van der Waals surface area contributed by atoms with Crippen molar-refractivity contribution in [1.29, 1.82) is 0 Å². The van der Waals surface area contributed by atoms with Crippen molar-refractivity contribution in [1.82, 2.24) is 9.80 Å². The molecule has 0 unspecified atom stereocenters. The number of likely N-dealkylation sites (tertiary alicyclic amines) is 2. The molecule has 2 aliphatic heterocycles. The van der Waals surface area contributed by atoms with Crippen LogP contribution in [0.5, 0.6) is 5.75 Å². The first-order chi connectivity index (χ1) is 14.7. The number of hydrogen-bond acceptors (Lipinski definition) is 5. The van der Waals surface area contributed by atoms with Gasteiger partial charge in [-0.2, -0.15) is 0 Å². The van der Waals surface area contributed by atoms with E-state index in [9.17, 15) is 14.4 Å². The van der Waals surface area contributed by atoms with Crippen molar-refractivity contribution < 1.29 is 23.9 Å². The van der Waals surface area contributed by atoms with Gasteiger partial charge in [0.15, 0.2) is 0 Å². The number of fused-ring (bicyclic) bond motifs is 1. The minimum atomic E-state index is -0.545. The van der Waals surface area contributed by atoms with Crippen LogP contribution in [0.25, 0.3) is 0 Å². The summed E-state index contributed by atoms with van der Waals surface area (Å²) in [6.07, 6.45) is 2.04. The van der Waals surface area contributed by atoms with Gasteiger partial charge in [0.25, 0.3) is 5.91 Å². The molecule has 2 saturated heterocycles. The molecule has 2 amide bonds. The van der Waals surface area contributed by atoms with Gasteiger partial charge in [0.05, 0.1) is 19.6 Å². The van der Waals surface area contributed by atoms with Gasteiger partial charge in [0.2, 0.25) is 5.91 Å². The second-order valence-corrected chi connectivity index (χ2v) is 9.88. The van der Waals surface area contributed by atoms with E-state index in [4.69, 9.17) is 9.47 Å². The van der Waals surface area contributed by atoms with Crippen molar-refractivity contribution in [3.63, 3.8) is 0 Å². The molecule has 0 bridgehead atoms. The summed E-state index contributed by atoms with van der Waals surface area (Å²) in [5.41, 5.74) is 0.0923. The molecule has 1 aromatic rings. The minimum absolute atomic E-state index is 0.0320. The average Bonchev–Trinajstić information content (AvgIpc) is 3.13. The third-order valence-electron chi connectivity index (χ3n) is 7.61. The van der Waals surface area contributed by atoms with Crippen LogP contribution < -0.4 is 4.74 Å². The largest absolute Gasteiger partial charge is 0.497 e. The fraction of sp³-hybridized carbons (Fsp3) is 0.625. The Morgan fingerprint density at radius 2 is 1.77 bits per heavy atom. The van der Waals surface area contributed by atoms with E-state index in [0.717, 1.165) is 6.42 Å². The maximum Gasteiger partial charge on any atom is 0.314 e. The molecule has 168 valence electrons. The Hall–Kier alpha value is -2.57. The predicted octanol–water partition coefficient (Wildman–Crippen LogP) is 2.60. The molecule has 0 N–H and O–H groups in total. The lowest BCUT2D eigenvalue weighted by Gasteiger charge is -2.54. The van der Waals surface area contributed by atoms with Crippen LogP contribution >= 0.6 is 0 Å². The molecule has 0 radical (unpaired) electrons. The van der Waals surface area contributed by atoms with Crippen molar-refractivity contribution in [2.45, 2.75) is 33.1 Å². The Kier molecular flexibility index (Phi) is 5.48. The highest BCUT2D eigenvalue weighted by molar-refractivity contribution is 5.95. The maximum absolute atomic E-state index is 13.3. The molecular formula is C24H32N2O5. The number of rotatable bonds is 4. The van der Waals surface area contributed by atoms with Crippen molar-refractivity contribution in [2.75, 3.05) is 40.4 Å². The molecule has 31 heavy (non-hydrogen) atoms. The monoisotopic (exact) mass is 428 g/mol. The highest BCUT2D eigenvalue weighted by Gasteiger charge is 2.68. The maximum atomic E-state index is 13.3. The lowest BCUT2D eigenvalue weighted by Crippen LogP contribution is -2.57. The smallest absolute Gasteiger partial charge is 0.314 e. The van der Waals surface area contributed by atoms with E-state index in [1.807, 2.05) is 21.9 Å². The molecule has 4 rings (SSSR count). The van der Waals surface area contributed by atoms with Crippen molar-refractivity contribution in [2.24, 2.45) is 22.7 Å². The van der Waals surface area contributed by atoms with Crippen molar-refractivity contribution in [3.05, 3.63) is 29.8 Å². The summed E-state index contributed by atoms with van der Waals surface area (Å²) >= 11 is 0.